The molecule has 0 spiro atoms. The standard InChI is InChI=1S/C21H18F5N3/c22-13-3-4-17(23)14(8-13)15-9-27-28-21(15)12-2-1-7-29(10-12)11-16-18(24)5-6-19(25)20(16)26/h3-6,8-9,12H,1-2,7,10-11H2,(H,27,28)/t12-/m0/s1. The molecule has 0 bridgehead atoms. The minimum Gasteiger partial charge on any atom is -0.298 e. The van der Waals surface area contributed by atoms with Crippen LogP contribution in [0.5, 0.6) is 0 Å². The van der Waals surface area contributed by atoms with Crippen molar-refractivity contribution in [1.82, 2.24) is 15.1 Å². The first-order valence-corrected chi connectivity index (χ1v) is 9.27. The van der Waals surface area contributed by atoms with Crippen LogP contribution in [0, 0.1) is 29.1 Å². The Hall–Kier alpha value is -2.74. The Balaban J connectivity index is 1.59. The lowest BCUT2D eigenvalue weighted by molar-refractivity contribution is 0.193. The van der Waals surface area contributed by atoms with Gasteiger partial charge in [0.15, 0.2) is 11.6 Å². The highest BCUT2D eigenvalue weighted by atomic mass is 19.2. The molecule has 1 N–H and O–H groups in total. The fourth-order valence-electron chi connectivity index (χ4n) is 3.90. The van der Waals surface area contributed by atoms with E-state index in [0.29, 0.717) is 24.3 Å². The van der Waals surface area contributed by atoms with Gasteiger partial charge in [-0.2, -0.15) is 5.10 Å². The van der Waals surface area contributed by atoms with Crippen LogP contribution in [0.3, 0.4) is 0 Å². The maximum absolute atomic E-state index is 14.2. The van der Waals surface area contributed by atoms with Crippen LogP contribution < -0.4 is 0 Å². The van der Waals surface area contributed by atoms with Gasteiger partial charge in [-0.15, -0.1) is 0 Å². The van der Waals surface area contributed by atoms with Crippen molar-refractivity contribution < 1.29 is 22.0 Å². The molecule has 8 heteroatoms. The molecular formula is C21H18F5N3. The molecule has 152 valence electrons. The Morgan fingerprint density at radius 2 is 1.72 bits per heavy atom. The SMILES string of the molecule is Fc1ccc(F)c(-c2cn[nH]c2[C@H]2CCCN(Cc3c(F)ccc(F)c3F)C2)c1. The number of piperidine rings is 1. The number of halogens is 5. The van der Waals surface area contributed by atoms with Gasteiger partial charge in [0.2, 0.25) is 0 Å². The number of hydrogen-bond acceptors (Lipinski definition) is 2. The van der Waals surface area contributed by atoms with E-state index in [1.54, 1.807) is 0 Å². The summed E-state index contributed by atoms with van der Waals surface area (Å²) in [7, 11) is 0. The highest BCUT2D eigenvalue weighted by Crippen LogP contribution is 2.35. The summed E-state index contributed by atoms with van der Waals surface area (Å²) in [5, 5.41) is 6.85. The van der Waals surface area contributed by atoms with Gasteiger partial charge in [-0.05, 0) is 49.7 Å². The Kier molecular flexibility index (Phi) is 5.36. The van der Waals surface area contributed by atoms with Gasteiger partial charge < -0.3 is 0 Å². The Bertz CT molecular complexity index is 1030. The summed E-state index contributed by atoms with van der Waals surface area (Å²) >= 11 is 0. The average Bonchev–Trinajstić information content (AvgIpc) is 3.20. The number of benzene rings is 2. The molecule has 29 heavy (non-hydrogen) atoms. The van der Waals surface area contributed by atoms with Crippen molar-refractivity contribution in [3.63, 3.8) is 0 Å². The molecule has 1 atom stereocenters. The third kappa shape index (κ3) is 3.89. The monoisotopic (exact) mass is 407 g/mol. The van der Waals surface area contributed by atoms with Crippen molar-refractivity contribution in [2.75, 3.05) is 13.1 Å². The van der Waals surface area contributed by atoms with Crippen molar-refractivity contribution in [2.24, 2.45) is 0 Å². The minimum absolute atomic E-state index is 0.0796. The third-order valence-electron chi connectivity index (χ3n) is 5.32. The second-order valence-corrected chi connectivity index (χ2v) is 7.22. The smallest absolute Gasteiger partial charge is 0.166 e. The van der Waals surface area contributed by atoms with Crippen molar-refractivity contribution in [3.05, 3.63) is 76.9 Å². The average molecular weight is 407 g/mol. The van der Waals surface area contributed by atoms with Gasteiger partial charge in [-0.25, -0.2) is 22.0 Å². The van der Waals surface area contributed by atoms with Crippen LogP contribution in [0.25, 0.3) is 11.1 Å². The molecule has 0 aliphatic carbocycles. The maximum Gasteiger partial charge on any atom is 0.166 e. The Labute approximate surface area is 164 Å². The molecule has 1 aromatic heterocycles. The van der Waals surface area contributed by atoms with Gasteiger partial charge in [0.25, 0.3) is 0 Å². The first-order valence-electron chi connectivity index (χ1n) is 9.27. The van der Waals surface area contributed by atoms with Gasteiger partial charge >= 0.3 is 0 Å². The zero-order valence-electron chi connectivity index (χ0n) is 15.4. The summed E-state index contributed by atoms with van der Waals surface area (Å²) in [5.41, 5.74) is 0.885. The molecule has 1 fully saturated rings. The van der Waals surface area contributed by atoms with Crippen molar-refractivity contribution in [3.8, 4) is 11.1 Å². The van der Waals surface area contributed by atoms with E-state index in [2.05, 4.69) is 10.2 Å². The minimum atomic E-state index is -1.18. The van der Waals surface area contributed by atoms with Crippen LogP contribution in [-0.4, -0.2) is 28.2 Å². The van der Waals surface area contributed by atoms with E-state index in [1.807, 2.05) is 4.90 Å². The maximum atomic E-state index is 14.2. The predicted molar refractivity (Wildman–Crippen MR) is 97.5 cm³/mol. The van der Waals surface area contributed by atoms with Crippen LogP contribution in [0.4, 0.5) is 22.0 Å². The zero-order chi connectivity index (χ0) is 20.5. The summed E-state index contributed by atoms with van der Waals surface area (Å²) in [4.78, 5) is 1.82. The second kappa shape index (κ2) is 7.94. The van der Waals surface area contributed by atoms with Crippen molar-refractivity contribution in [2.45, 2.75) is 25.3 Å². The fourth-order valence-corrected chi connectivity index (χ4v) is 3.90. The molecule has 1 aliphatic heterocycles. The fraction of sp³-hybridized carbons (Fsp3) is 0.286. The van der Waals surface area contributed by atoms with E-state index in [9.17, 15) is 22.0 Å². The highest BCUT2D eigenvalue weighted by molar-refractivity contribution is 5.66. The first kappa shape index (κ1) is 19.6. The van der Waals surface area contributed by atoms with Gasteiger partial charge in [-0.1, -0.05) is 0 Å². The molecule has 0 unspecified atom stereocenters. The summed E-state index contributed by atoms with van der Waals surface area (Å²) in [6.45, 7) is 0.926. The van der Waals surface area contributed by atoms with Crippen molar-refractivity contribution >= 4 is 0 Å². The molecule has 2 heterocycles. The largest absolute Gasteiger partial charge is 0.298 e. The number of hydrogen-bond donors (Lipinski definition) is 1. The van der Waals surface area contributed by atoms with Gasteiger partial charge in [0.1, 0.15) is 17.5 Å². The number of H-pyrrole nitrogens is 1. The molecule has 0 radical (unpaired) electrons. The number of aromatic amines is 1. The quantitative estimate of drug-likeness (QED) is 0.479. The number of rotatable bonds is 4. The number of nitrogens with zero attached hydrogens (tertiary/aromatic N) is 2. The molecule has 4 rings (SSSR count). The number of likely N-dealkylation sites (tertiary alicyclic amines) is 1. The third-order valence-corrected chi connectivity index (χ3v) is 5.32. The molecular weight excluding hydrogens is 389 g/mol. The van der Waals surface area contributed by atoms with Gasteiger partial charge in [-0.3, -0.25) is 10.00 Å². The molecule has 3 nitrogen and oxygen atoms in total. The van der Waals surface area contributed by atoms with Crippen LogP contribution in [0.2, 0.25) is 0 Å². The van der Waals surface area contributed by atoms with E-state index < -0.39 is 29.1 Å². The van der Waals surface area contributed by atoms with Gasteiger partial charge in [0.05, 0.1) is 6.20 Å². The lowest BCUT2D eigenvalue weighted by Gasteiger charge is -2.33. The first-order chi connectivity index (χ1) is 13.9. The normalized spacial score (nSPS) is 17.6. The van der Waals surface area contributed by atoms with E-state index in [4.69, 9.17) is 0 Å². The Morgan fingerprint density at radius 3 is 2.55 bits per heavy atom. The molecule has 1 aliphatic rings. The van der Waals surface area contributed by atoms with Crippen LogP contribution in [0.1, 0.15) is 30.0 Å². The lowest BCUT2D eigenvalue weighted by Crippen LogP contribution is -2.34. The molecule has 0 saturated carbocycles. The molecule has 1 saturated heterocycles. The summed E-state index contributed by atoms with van der Waals surface area (Å²) in [6.07, 6.45) is 2.92. The summed E-state index contributed by atoms with van der Waals surface area (Å²) < 4.78 is 69.4. The predicted octanol–water partition coefficient (Wildman–Crippen LogP) is 5.15. The zero-order valence-corrected chi connectivity index (χ0v) is 15.4. The second-order valence-electron chi connectivity index (χ2n) is 7.22. The van der Waals surface area contributed by atoms with Crippen LogP contribution in [-0.2, 0) is 6.54 Å². The lowest BCUT2D eigenvalue weighted by atomic mass is 9.90. The Morgan fingerprint density at radius 1 is 0.966 bits per heavy atom. The summed E-state index contributed by atoms with van der Waals surface area (Å²) in [6, 6.07) is 4.89. The van der Waals surface area contributed by atoms with Crippen molar-refractivity contribution in [1.29, 1.82) is 0 Å². The van der Waals surface area contributed by atoms with E-state index in [-0.39, 0.29) is 23.6 Å². The van der Waals surface area contributed by atoms with E-state index in [1.165, 1.54) is 6.20 Å². The number of aromatic nitrogens is 2. The van der Waals surface area contributed by atoms with Gasteiger partial charge in [0, 0.05) is 41.4 Å². The molecule has 0 amide bonds. The van der Waals surface area contributed by atoms with E-state index in [0.717, 1.165) is 43.2 Å². The molecule has 2 aromatic carbocycles. The topological polar surface area (TPSA) is 31.9 Å². The highest BCUT2D eigenvalue weighted by Gasteiger charge is 2.27. The van der Waals surface area contributed by atoms with Crippen LogP contribution in [0.15, 0.2) is 36.5 Å². The summed E-state index contributed by atoms with van der Waals surface area (Å²) in [5.74, 6) is -4.32. The molecule has 3 aromatic rings. The number of nitrogens with one attached hydrogen (secondary N) is 1. The van der Waals surface area contributed by atoms with E-state index >= 15 is 0 Å². The van der Waals surface area contributed by atoms with Crippen LogP contribution >= 0.6 is 0 Å².